The van der Waals surface area contributed by atoms with Gasteiger partial charge in [0.1, 0.15) is 0 Å². The standard InChI is InChI=1S/C17H28N2/c1-13-8-15(3)16(9-14(13)2)10-19(4)12-17(11-18)6-5-7-17/h8-9H,5-7,10-12,18H2,1-4H3. The van der Waals surface area contributed by atoms with Crippen LogP contribution in [0.1, 0.15) is 41.5 Å². The Bertz CT molecular complexity index is 441. The smallest absolute Gasteiger partial charge is 0.0233 e. The molecule has 0 aliphatic heterocycles. The molecule has 0 atom stereocenters. The predicted molar refractivity (Wildman–Crippen MR) is 82.3 cm³/mol. The predicted octanol–water partition coefficient (Wildman–Crippen LogP) is 3.17. The third kappa shape index (κ3) is 3.18. The summed E-state index contributed by atoms with van der Waals surface area (Å²) in [7, 11) is 2.23. The van der Waals surface area contributed by atoms with Crippen LogP contribution in [0.4, 0.5) is 0 Å². The Morgan fingerprint density at radius 1 is 1.11 bits per heavy atom. The van der Waals surface area contributed by atoms with Gasteiger partial charge >= 0.3 is 0 Å². The molecule has 0 radical (unpaired) electrons. The minimum atomic E-state index is 0.405. The van der Waals surface area contributed by atoms with Crippen molar-refractivity contribution in [3.63, 3.8) is 0 Å². The molecule has 0 unspecified atom stereocenters. The molecule has 1 saturated carbocycles. The van der Waals surface area contributed by atoms with Crippen LogP contribution in [0, 0.1) is 26.2 Å². The normalized spacial score (nSPS) is 17.6. The average molecular weight is 260 g/mol. The lowest BCUT2D eigenvalue weighted by atomic mass is 9.68. The van der Waals surface area contributed by atoms with Crippen LogP contribution in [0.25, 0.3) is 0 Å². The minimum absolute atomic E-state index is 0.405. The summed E-state index contributed by atoms with van der Waals surface area (Å²) in [5, 5.41) is 0. The zero-order chi connectivity index (χ0) is 14.0. The third-order valence-corrected chi connectivity index (χ3v) is 4.85. The molecule has 1 aliphatic carbocycles. The second-order valence-corrected chi connectivity index (χ2v) is 6.59. The van der Waals surface area contributed by atoms with Crippen molar-refractivity contribution >= 4 is 0 Å². The molecule has 0 heterocycles. The molecular weight excluding hydrogens is 232 g/mol. The van der Waals surface area contributed by atoms with Gasteiger partial charge in [0.2, 0.25) is 0 Å². The first-order valence-electron chi connectivity index (χ1n) is 7.41. The van der Waals surface area contributed by atoms with Crippen LogP contribution in [0.2, 0.25) is 0 Å². The minimum Gasteiger partial charge on any atom is -0.330 e. The Balaban J connectivity index is 2.02. The van der Waals surface area contributed by atoms with E-state index >= 15 is 0 Å². The van der Waals surface area contributed by atoms with Crippen LogP contribution < -0.4 is 5.73 Å². The van der Waals surface area contributed by atoms with Crippen molar-refractivity contribution in [2.45, 2.75) is 46.6 Å². The van der Waals surface area contributed by atoms with Gasteiger partial charge in [0.15, 0.2) is 0 Å². The van der Waals surface area contributed by atoms with Crippen molar-refractivity contribution in [3.8, 4) is 0 Å². The number of aryl methyl sites for hydroxylation is 3. The van der Waals surface area contributed by atoms with E-state index in [9.17, 15) is 0 Å². The molecule has 0 saturated heterocycles. The zero-order valence-corrected chi connectivity index (χ0v) is 12.9. The number of benzene rings is 1. The summed E-state index contributed by atoms with van der Waals surface area (Å²) in [6.45, 7) is 9.62. The number of hydrogen-bond donors (Lipinski definition) is 1. The molecule has 0 amide bonds. The van der Waals surface area contributed by atoms with Crippen molar-refractivity contribution in [1.29, 1.82) is 0 Å². The molecule has 2 N–H and O–H groups in total. The molecule has 0 aromatic heterocycles. The summed E-state index contributed by atoms with van der Waals surface area (Å²) in [6.07, 6.45) is 3.97. The number of nitrogens with zero attached hydrogens (tertiary/aromatic N) is 1. The van der Waals surface area contributed by atoms with Crippen LogP contribution in [0.5, 0.6) is 0 Å². The fraction of sp³-hybridized carbons (Fsp3) is 0.647. The lowest BCUT2D eigenvalue weighted by molar-refractivity contribution is 0.0844. The largest absolute Gasteiger partial charge is 0.330 e. The molecule has 19 heavy (non-hydrogen) atoms. The maximum absolute atomic E-state index is 5.96. The van der Waals surface area contributed by atoms with Gasteiger partial charge in [-0.25, -0.2) is 0 Å². The fourth-order valence-electron chi connectivity index (χ4n) is 3.21. The van der Waals surface area contributed by atoms with Crippen LogP contribution in [-0.2, 0) is 6.54 Å². The molecule has 2 nitrogen and oxygen atoms in total. The van der Waals surface area contributed by atoms with Crippen LogP contribution in [0.3, 0.4) is 0 Å². The Kier molecular flexibility index (Phi) is 4.32. The topological polar surface area (TPSA) is 29.3 Å². The van der Waals surface area contributed by atoms with Gasteiger partial charge in [-0.2, -0.15) is 0 Å². The Morgan fingerprint density at radius 3 is 2.26 bits per heavy atom. The van der Waals surface area contributed by atoms with Crippen molar-refractivity contribution in [2.24, 2.45) is 11.1 Å². The van der Waals surface area contributed by atoms with Crippen LogP contribution in [0.15, 0.2) is 12.1 Å². The highest BCUT2D eigenvalue weighted by molar-refractivity contribution is 5.36. The number of hydrogen-bond acceptors (Lipinski definition) is 2. The van der Waals surface area contributed by atoms with Crippen LogP contribution in [-0.4, -0.2) is 25.0 Å². The van der Waals surface area contributed by atoms with E-state index in [1.807, 2.05) is 0 Å². The summed E-state index contributed by atoms with van der Waals surface area (Å²) in [5.41, 5.74) is 12.0. The third-order valence-electron chi connectivity index (χ3n) is 4.85. The lowest BCUT2D eigenvalue weighted by Crippen LogP contribution is -2.45. The molecule has 0 bridgehead atoms. The highest BCUT2D eigenvalue weighted by Crippen LogP contribution is 2.40. The fourth-order valence-corrected chi connectivity index (χ4v) is 3.21. The quantitative estimate of drug-likeness (QED) is 0.881. The van der Waals surface area contributed by atoms with Crippen molar-refractivity contribution in [2.75, 3.05) is 20.1 Å². The van der Waals surface area contributed by atoms with Crippen molar-refractivity contribution < 1.29 is 0 Å². The van der Waals surface area contributed by atoms with E-state index in [1.54, 1.807) is 0 Å². The van der Waals surface area contributed by atoms with E-state index in [0.29, 0.717) is 5.41 Å². The first-order valence-corrected chi connectivity index (χ1v) is 7.41. The van der Waals surface area contributed by atoms with Gasteiger partial charge in [-0.3, -0.25) is 0 Å². The van der Waals surface area contributed by atoms with E-state index in [-0.39, 0.29) is 0 Å². The Hall–Kier alpha value is -0.860. The van der Waals surface area contributed by atoms with Crippen molar-refractivity contribution in [1.82, 2.24) is 4.90 Å². The first-order chi connectivity index (χ1) is 8.96. The molecule has 1 aromatic rings. The SMILES string of the molecule is Cc1cc(C)c(CN(C)CC2(CN)CCC2)cc1C. The van der Waals surface area contributed by atoms with Gasteiger partial charge in [-0.1, -0.05) is 18.6 Å². The second-order valence-electron chi connectivity index (χ2n) is 6.59. The molecular formula is C17H28N2. The maximum Gasteiger partial charge on any atom is 0.0233 e. The summed E-state index contributed by atoms with van der Waals surface area (Å²) < 4.78 is 0. The molecule has 2 rings (SSSR count). The van der Waals surface area contributed by atoms with Gasteiger partial charge in [0.25, 0.3) is 0 Å². The van der Waals surface area contributed by atoms with E-state index in [4.69, 9.17) is 5.73 Å². The van der Waals surface area contributed by atoms with Gasteiger partial charge in [0, 0.05) is 13.1 Å². The highest BCUT2D eigenvalue weighted by atomic mass is 15.1. The van der Waals surface area contributed by atoms with E-state index < -0.39 is 0 Å². The lowest BCUT2D eigenvalue weighted by Gasteiger charge is -2.43. The molecule has 1 aliphatic rings. The molecule has 0 spiro atoms. The molecule has 1 aromatic carbocycles. The molecule has 1 fully saturated rings. The highest BCUT2D eigenvalue weighted by Gasteiger charge is 2.36. The van der Waals surface area contributed by atoms with Crippen LogP contribution >= 0.6 is 0 Å². The molecule has 2 heteroatoms. The Labute approximate surface area is 118 Å². The zero-order valence-electron chi connectivity index (χ0n) is 12.9. The van der Waals surface area contributed by atoms with Gasteiger partial charge in [-0.15, -0.1) is 0 Å². The summed E-state index contributed by atoms with van der Waals surface area (Å²) in [5.74, 6) is 0. The van der Waals surface area contributed by atoms with E-state index in [0.717, 1.165) is 19.6 Å². The monoisotopic (exact) mass is 260 g/mol. The van der Waals surface area contributed by atoms with Gasteiger partial charge < -0.3 is 10.6 Å². The van der Waals surface area contributed by atoms with E-state index in [1.165, 1.54) is 41.5 Å². The maximum atomic E-state index is 5.96. The number of rotatable bonds is 5. The molecule has 106 valence electrons. The number of nitrogens with two attached hydrogens (primary N) is 1. The first kappa shape index (κ1) is 14.5. The second kappa shape index (κ2) is 5.64. The van der Waals surface area contributed by atoms with Gasteiger partial charge in [0.05, 0.1) is 0 Å². The van der Waals surface area contributed by atoms with Gasteiger partial charge in [-0.05, 0) is 74.9 Å². The van der Waals surface area contributed by atoms with E-state index in [2.05, 4.69) is 44.9 Å². The average Bonchev–Trinajstić information content (AvgIpc) is 2.31. The summed E-state index contributed by atoms with van der Waals surface area (Å²) in [4.78, 5) is 2.45. The Morgan fingerprint density at radius 2 is 1.74 bits per heavy atom. The summed E-state index contributed by atoms with van der Waals surface area (Å²) in [6, 6.07) is 4.65. The van der Waals surface area contributed by atoms with Crippen molar-refractivity contribution in [3.05, 3.63) is 34.4 Å². The summed E-state index contributed by atoms with van der Waals surface area (Å²) >= 11 is 0.